The number of aromatic nitrogens is 4. The van der Waals surface area contributed by atoms with E-state index in [9.17, 15) is 9.59 Å². The number of nitrogens with zero attached hydrogens (tertiary/aromatic N) is 4. The van der Waals surface area contributed by atoms with Gasteiger partial charge in [0.15, 0.2) is 0 Å². The van der Waals surface area contributed by atoms with Crippen LogP contribution in [-0.2, 0) is 4.74 Å². The van der Waals surface area contributed by atoms with Crippen molar-refractivity contribution in [3.63, 3.8) is 0 Å². The highest BCUT2D eigenvalue weighted by atomic mass is 16.5. The molecule has 2 aromatic heterocycles. The number of esters is 1. The molecule has 4 N–H and O–H groups in total. The van der Waals surface area contributed by atoms with Crippen LogP contribution >= 0.6 is 0 Å². The molecule has 0 saturated carbocycles. The highest BCUT2D eigenvalue weighted by Gasteiger charge is 2.20. The maximum atomic E-state index is 12.1. The molecule has 0 aliphatic heterocycles. The van der Waals surface area contributed by atoms with E-state index in [1.807, 2.05) is 0 Å². The van der Waals surface area contributed by atoms with E-state index < -0.39 is 11.9 Å². The van der Waals surface area contributed by atoms with Crippen LogP contribution in [0.1, 0.15) is 20.7 Å². The van der Waals surface area contributed by atoms with Gasteiger partial charge in [-0.25, -0.2) is 24.7 Å². The van der Waals surface area contributed by atoms with Crippen molar-refractivity contribution < 1.29 is 14.3 Å². The van der Waals surface area contributed by atoms with Crippen LogP contribution in [0, 0.1) is 0 Å². The van der Waals surface area contributed by atoms with E-state index in [1.165, 1.54) is 19.2 Å². The minimum atomic E-state index is -0.782. The van der Waals surface area contributed by atoms with E-state index in [0.29, 0.717) is 11.4 Å². The molecule has 136 valence electrons. The number of carbonyl (C=O) groups excluding carboxylic acids is 2. The number of nitrogens with two attached hydrogens (primary N) is 1. The van der Waals surface area contributed by atoms with Gasteiger partial charge in [-0.1, -0.05) is 0 Å². The Morgan fingerprint density at radius 1 is 0.852 bits per heavy atom. The van der Waals surface area contributed by atoms with Crippen molar-refractivity contribution in [2.75, 3.05) is 17.7 Å². The van der Waals surface area contributed by atoms with Crippen molar-refractivity contribution in [1.29, 1.82) is 0 Å². The van der Waals surface area contributed by atoms with Crippen LogP contribution in [0.15, 0.2) is 49.1 Å². The molecule has 0 aliphatic rings. The van der Waals surface area contributed by atoms with Crippen LogP contribution in [-0.4, -0.2) is 38.9 Å². The summed E-state index contributed by atoms with van der Waals surface area (Å²) in [5, 5.41) is 5.95. The third-order valence-corrected chi connectivity index (χ3v) is 3.45. The smallest absolute Gasteiger partial charge is 0.338 e. The van der Waals surface area contributed by atoms with E-state index in [2.05, 4.69) is 30.6 Å². The number of carbonyl (C=O) groups is 2. The average Bonchev–Trinajstić information content (AvgIpc) is 2.69. The number of primary amides is 1. The lowest BCUT2D eigenvalue weighted by atomic mass is 10.0. The Kier molecular flexibility index (Phi) is 5.17. The number of hydrogen-bond acceptors (Lipinski definition) is 9. The zero-order valence-electron chi connectivity index (χ0n) is 14.2. The van der Waals surface area contributed by atoms with Crippen LogP contribution in [0.25, 0.3) is 0 Å². The number of rotatable bonds is 6. The Labute approximate surface area is 153 Å². The van der Waals surface area contributed by atoms with Crippen molar-refractivity contribution in [3.05, 3.63) is 60.2 Å². The predicted octanol–water partition coefficient (Wildman–Crippen LogP) is 1.64. The molecule has 0 atom stereocenters. The van der Waals surface area contributed by atoms with Gasteiger partial charge in [-0.05, 0) is 24.3 Å². The molecule has 0 fully saturated rings. The molecule has 2 heterocycles. The molecule has 0 bridgehead atoms. The summed E-state index contributed by atoms with van der Waals surface area (Å²) >= 11 is 0. The van der Waals surface area contributed by atoms with Gasteiger partial charge in [0.25, 0.3) is 0 Å². The topological polar surface area (TPSA) is 145 Å². The molecule has 0 saturated heterocycles. The SMILES string of the molecule is COC(=O)c1cc(Nc2ncccn2)c(Nc2ncccn2)cc1C(N)=O. The second-order valence-corrected chi connectivity index (χ2v) is 5.19. The maximum absolute atomic E-state index is 12.1. The molecular formula is C17H15N7O3. The largest absolute Gasteiger partial charge is 0.465 e. The molecule has 27 heavy (non-hydrogen) atoms. The van der Waals surface area contributed by atoms with Crippen molar-refractivity contribution in [2.24, 2.45) is 5.73 Å². The first-order valence-electron chi connectivity index (χ1n) is 7.72. The number of benzene rings is 1. The monoisotopic (exact) mass is 365 g/mol. The fourth-order valence-corrected chi connectivity index (χ4v) is 2.26. The molecule has 1 amide bonds. The minimum Gasteiger partial charge on any atom is -0.465 e. The van der Waals surface area contributed by atoms with E-state index in [1.54, 1.807) is 36.9 Å². The van der Waals surface area contributed by atoms with Gasteiger partial charge < -0.3 is 21.1 Å². The van der Waals surface area contributed by atoms with Gasteiger partial charge in [0.05, 0.1) is 29.6 Å². The van der Waals surface area contributed by atoms with E-state index in [0.717, 1.165) is 0 Å². The standard InChI is InChI=1S/C17H15N7O3/c1-27-15(26)11-9-13(24-17-21-6-3-7-22-17)12(8-10(11)14(18)25)23-16-19-4-2-5-20-16/h2-9H,1H3,(H2,18,25)(H,19,20,23)(H,21,22,24). The molecule has 3 aromatic rings. The van der Waals surface area contributed by atoms with E-state index in [4.69, 9.17) is 10.5 Å². The highest BCUT2D eigenvalue weighted by Crippen LogP contribution is 2.30. The lowest BCUT2D eigenvalue weighted by molar-refractivity contribution is 0.0597. The van der Waals surface area contributed by atoms with Crippen LogP contribution in [0.2, 0.25) is 0 Å². The fraction of sp³-hybridized carbons (Fsp3) is 0.0588. The molecule has 0 aliphatic carbocycles. The average molecular weight is 365 g/mol. The molecule has 0 radical (unpaired) electrons. The summed E-state index contributed by atoms with van der Waals surface area (Å²) in [6, 6.07) is 6.17. The molecule has 0 spiro atoms. The number of ether oxygens (including phenoxy) is 1. The van der Waals surface area contributed by atoms with Crippen molar-refractivity contribution in [1.82, 2.24) is 19.9 Å². The molecule has 3 rings (SSSR count). The van der Waals surface area contributed by atoms with Crippen LogP contribution in [0.3, 0.4) is 0 Å². The second kappa shape index (κ2) is 7.87. The number of methoxy groups -OCH3 is 1. The van der Waals surface area contributed by atoms with E-state index in [-0.39, 0.29) is 23.0 Å². The summed E-state index contributed by atoms with van der Waals surface area (Å²) in [6.45, 7) is 0. The third kappa shape index (κ3) is 4.12. The van der Waals surface area contributed by atoms with Crippen LogP contribution < -0.4 is 16.4 Å². The quantitative estimate of drug-likeness (QED) is 0.555. The number of nitrogens with one attached hydrogen (secondary N) is 2. The summed E-state index contributed by atoms with van der Waals surface area (Å²) < 4.78 is 4.74. The number of hydrogen-bond donors (Lipinski definition) is 3. The third-order valence-electron chi connectivity index (χ3n) is 3.45. The zero-order valence-corrected chi connectivity index (χ0v) is 14.2. The molecule has 10 heteroatoms. The van der Waals surface area contributed by atoms with Gasteiger partial charge in [-0.3, -0.25) is 4.79 Å². The summed E-state index contributed by atoms with van der Waals surface area (Å²) in [5.41, 5.74) is 6.21. The van der Waals surface area contributed by atoms with Gasteiger partial charge in [0.2, 0.25) is 17.8 Å². The van der Waals surface area contributed by atoms with Gasteiger partial charge in [0.1, 0.15) is 0 Å². The Morgan fingerprint density at radius 2 is 1.30 bits per heavy atom. The number of amides is 1. The Hall–Kier alpha value is -4.08. The number of anilines is 4. The summed E-state index contributed by atoms with van der Waals surface area (Å²) in [7, 11) is 1.21. The summed E-state index contributed by atoms with van der Waals surface area (Å²) in [4.78, 5) is 40.2. The second-order valence-electron chi connectivity index (χ2n) is 5.19. The summed E-state index contributed by atoms with van der Waals surface area (Å²) in [5.74, 6) is -0.911. The lowest BCUT2D eigenvalue weighted by Gasteiger charge is -2.15. The van der Waals surface area contributed by atoms with Crippen LogP contribution in [0.5, 0.6) is 0 Å². The van der Waals surface area contributed by atoms with Crippen LogP contribution in [0.4, 0.5) is 23.3 Å². The fourth-order valence-electron chi connectivity index (χ4n) is 2.26. The van der Waals surface area contributed by atoms with Gasteiger partial charge >= 0.3 is 5.97 Å². The first kappa shape index (κ1) is 17.7. The van der Waals surface area contributed by atoms with Gasteiger partial charge in [-0.15, -0.1) is 0 Å². The Balaban J connectivity index is 2.11. The molecular weight excluding hydrogens is 350 g/mol. The highest BCUT2D eigenvalue weighted by molar-refractivity contribution is 6.07. The maximum Gasteiger partial charge on any atom is 0.338 e. The zero-order chi connectivity index (χ0) is 19.2. The lowest BCUT2D eigenvalue weighted by Crippen LogP contribution is -2.18. The Bertz CT molecular complexity index is 965. The molecule has 1 aromatic carbocycles. The first-order valence-corrected chi connectivity index (χ1v) is 7.72. The minimum absolute atomic E-state index is 0.00274. The van der Waals surface area contributed by atoms with Gasteiger partial charge in [0, 0.05) is 24.8 Å². The first-order chi connectivity index (χ1) is 13.1. The normalized spacial score (nSPS) is 10.1. The van der Waals surface area contributed by atoms with Crippen molar-refractivity contribution in [3.8, 4) is 0 Å². The summed E-state index contributed by atoms with van der Waals surface area (Å²) in [6.07, 6.45) is 6.23. The van der Waals surface area contributed by atoms with Crippen molar-refractivity contribution in [2.45, 2.75) is 0 Å². The molecule has 0 unspecified atom stereocenters. The van der Waals surface area contributed by atoms with Gasteiger partial charge in [-0.2, -0.15) is 0 Å². The van der Waals surface area contributed by atoms with Crippen molar-refractivity contribution >= 4 is 35.1 Å². The molecule has 10 nitrogen and oxygen atoms in total. The Morgan fingerprint density at radius 3 is 1.70 bits per heavy atom. The van der Waals surface area contributed by atoms with E-state index >= 15 is 0 Å². The predicted molar refractivity (Wildman–Crippen MR) is 96.9 cm³/mol.